The summed E-state index contributed by atoms with van der Waals surface area (Å²) in [5.74, 6) is 1.97. The van der Waals surface area contributed by atoms with Gasteiger partial charge in [-0.15, -0.1) is 13.2 Å². The number of benzene rings is 1. The summed E-state index contributed by atoms with van der Waals surface area (Å²) in [6, 6.07) is 6.56. The molecule has 1 fully saturated rings. The molecule has 0 aliphatic heterocycles. The highest BCUT2D eigenvalue weighted by molar-refractivity contribution is 5.50. The first kappa shape index (κ1) is 23.6. The Labute approximate surface area is 192 Å². The fourth-order valence-electron chi connectivity index (χ4n) is 5.03. The molecule has 1 aromatic carbocycles. The van der Waals surface area contributed by atoms with Crippen molar-refractivity contribution in [1.82, 2.24) is 15.3 Å². The SMILES string of the molecule is CC1CCCc2nc(NC3CCC(CNCc4ccccc4OC(F)(F)F)CC3)nc(N)c21. The quantitative estimate of drug-likeness (QED) is 0.526. The van der Waals surface area contributed by atoms with Gasteiger partial charge in [-0.2, -0.15) is 4.98 Å². The second kappa shape index (κ2) is 10.2. The summed E-state index contributed by atoms with van der Waals surface area (Å²) in [6.07, 6.45) is 2.59. The molecule has 0 bridgehead atoms. The largest absolute Gasteiger partial charge is 0.573 e. The van der Waals surface area contributed by atoms with Crippen molar-refractivity contribution in [3.63, 3.8) is 0 Å². The van der Waals surface area contributed by atoms with E-state index in [-0.39, 0.29) is 5.75 Å². The molecule has 2 aromatic rings. The number of nitrogen functional groups attached to an aromatic ring is 1. The molecule has 0 radical (unpaired) electrons. The van der Waals surface area contributed by atoms with Gasteiger partial charge in [0.15, 0.2) is 0 Å². The second-order valence-corrected chi connectivity index (χ2v) is 9.23. The first-order valence-electron chi connectivity index (χ1n) is 11.8. The average molecular weight is 464 g/mol. The predicted molar refractivity (Wildman–Crippen MR) is 122 cm³/mol. The second-order valence-electron chi connectivity index (χ2n) is 9.23. The minimum atomic E-state index is -4.69. The van der Waals surface area contributed by atoms with Gasteiger partial charge in [-0.3, -0.25) is 0 Å². The highest BCUT2D eigenvalue weighted by atomic mass is 19.4. The van der Waals surface area contributed by atoms with Crippen molar-refractivity contribution < 1.29 is 17.9 Å². The van der Waals surface area contributed by atoms with Crippen LogP contribution >= 0.6 is 0 Å². The number of aromatic nitrogens is 2. The number of aryl methyl sites for hydroxylation is 1. The van der Waals surface area contributed by atoms with Crippen LogP contribution in [-0.2, 0) is 13.0 Å². The van der Waals surface area contributed by atoms with Crippen molar-refractivity contribution in [3.8, 4) is 5.75 Å². The Hall–Kier alpha value is -2.55. The molecule has 6 nitrogen and oxygen atoms in total. The van der Waals surface area contributed by atoms with Crippen molar-refractivity contribution >= 4 is 11.8 Å². The van der Waals surface area contributed by atoms with E-state index in [9.17, 15) is 13.2 Å². The van der Waals surface area contributed by atoms with Gasteiger partial charge >= 0.3 is 6.36 Å². The van der Waals surface area contributed by atoms with Gasteiger partial charge in [0, 0.05) is 23.7 Å². The molecule has 33 heavy (non-hydrogen) atoms. The third kappa shape index (κ3) is 6.28. The van der Waals surface area contributed by atoms with Crippen LogP contribution in [0.15, 0.2) is 24.3 Å². The molecule has 1 atom stereocenters. The normalized spacial score (nSPS) is 23.1. The van der Waals surface area contributed by atoms with E-state index in [4.69, 9.17) is 10.7 Å². The molecular weight excluding hydrogens is 431 g/mol. The van der Waals surface area contributed by atoms with E-state index in [1.165, 1.54) is 6.07 Å². The Morgan fingerprint density at radius 3 is 2.61 bits per heavy atom. The van der Waals surface area contributed by atoms with Crippen LogP contribution in [0, 0.1) is 5.92 Å². The third-order valence-corrected chi connectivity index (χ3v) is 6.72. The number of nitrogens with two attached hydrogens (primary N) is 1. The number of nitrogens with zero attached hydrogens (tertiary/aromatic N) is 2. The van der Waals surface area contributed by atoms with Crippen molar-refractivity contribution in [1.29, 1.82) is 0 Å². The van der Waals surface area contributed by atoms with E-state index in [2.05, 4.69) is 27.3 Å². The molecule has 0 saturated heterocycles. The van der Waals surface area contributed by atoms with E-state index in [0.29, 0.717) is 41.8 Å². The van der Waals surface area contributed by atoms with E-state index < -0.39 is 6.36 Å². The number of hydrogen-bond donors (Lipinski definition) is 3. The van der Waals surface area contributed by atoms with Crippen LogP contribution in [0.3, 0.4) is 0 Å². The van der Waals surface area contributed by atoms with E-state index >= 15 is 0 Å². The molecule has 0 amide bonds. The molecular formula is C24H32F3N5O. The molecule has 1 saturated carbocycles. The van der Waals surface area contributed by atoms with E-state index in [0.717, 1.165) is 62.7 Å². The number of ether oxygens (including phenoxy) is 1. The van der Waals surface area contributed by atoms with Gasteiger partial charge in [-0.1, -0.05) is 25.1 Å². The van der Waals surface area contributed by atoms with Crippen molar-refractivity contribution in [2.75, 3.05) is 17.6 Å². The summed E-state index contributed by atoms with van der Waals surface area (Å²) in [6.45, 7) is 3.28. The lowest BCUT2D eigenvalue weighted by molar-refractivity contribution is -0.274. The first-order valence-corrected chi connectivity index (χ1v) is 11.8. The van der Waals surface area contributed by atoms with Crippen molar-refractivity contribution in [2.24, 2.45) is 5.92 Å². The number of nitrogens with one attached hydrogen (secondary N) is 2. The maximum Gasteiger partial charge on any atom is 0.573 e. The average Bonchev–Trinajstić information content (AvgIpc) is 2.75. The van der Waals surface area contributed by atoms with Crippen LogP contribution in [0.2, 0.25) is 0 Å². The zero-order valence-electron chi connectivity index (χ0n) is 18.9. The van der Waals surface area contributed by atoms with Gasteiger partial charge in [-0.25, -0.2) is 4.98 Å². The number of rotatable bonds is 7. The Morgan fingerprint density at radius 1 is 1.09 bits per heavy atom. The van der Waals surface area contributed by atoms with Crippen LogP contribution in [0.4, 0.5) is 24.9 Å². The molecule has 1 unspecified atom stereocenters. The lowest BCUT2D eigenvalue weighted by Crippen LogP contribution is -2.32. The monoisotopic (exact) mass is 463 g/mol. The van der Waals surface area contributed by atoms with Crippen LogP contribution in [0.5, 0.6) is 5.75 Å². The van der Waals surface area contributed by atoms with Gasteiger partial charge in [0.2, 0.25) is 5.95 Å². The molecule has 2 aliphatic carbocycles. The molecule has 1 aromatic heterocycles. The fourth-order valence-corrected chi connectivity index (χ4v) is 5.03. The highest BCUT2D eigenvalue weighted by Gasteiger charge is 2.32. The Bertz CT molecular complexity index is 944. The predicted octanol–water partition coefficient (Wildman–Crippen LogP) is 5.16. The Kier molecular flexibility index (Phi) is 7.26. The number of halogens is 3. The molecule has 9 heteroatoms. The third-order valence-electron chi connectivity index (χ3n) is 6.72. The molecule has 1 heterocycles. The smallest absolute Gasteiger partial charge is 0.405 e. The van der Waals surface area contributed by atoms with Crippen LogP contribution in [0.25, 0.3) is 0 Å². The van der Waals surface area contributed by atoms with Gasteiger partial charge in [0.05, 0.1) is 5.69 Å². The first-order chi connectivity index (χ1) is 15.8. The van der Waals surface area contributed by atoms with Gasteiger partial charge < -0.3 is 21.1 Å². The number of alkyl halides is 3. The Balaban J connectivity index is 1.24. The molecule has 0 spiro atoms. The van der Waals surface area contributed by atoms with E-state index in [1.807, 2.05) is 0 Å². The summed E-state index contributed by atoms with van der Waals surface area (Å²) in [7, 11) is 0. The molecule has 2 aliphatic rings. The zero-order chi connectivity index (χ0) is 23.4. The summed E-state index contributed by atoms with van der Waals surface area (Å²) in [5, 5.41) is 6.77. The molecule has 4 rings (SSSR count). The van der Waals surface area contributed by atoms with E-state index in [1.54, 1.807) is 18.2 Å². The minimum absolute atomic E-state index is 0.149. The number of para-hydroxylation sites is 1. The summed E-state index contributed by atoms with van der Waals surface area (Å²) >= 11 is 0. The van der Waals surface area contributed by atoms with Crippen LogP contribution < -0.4 is 21.1 Å². The van der Waals surface area contributed by atoms with Gasteiger partial charge in [-0.05, 0) is 69.4 Å². The maximum atomic E-state index is 12.6. The maximum absolute atomic E-state index is 12.6. The lowest BCUT2D eigenvalue weighted by atomic mass is 9.86. The molecule has 4 N–H and O–H groups in total. The minimum Gasteiger partial charge on any atom is -0.405 e. The van der Waals surface area contributed by atoms with Gasteiger partial charge in [0.1, 0.15) is 11.6 Å². The van der Waals surface area contributed by atoms with Crippen LogP contribution in [0.1, 0.15) is 68.2 Å². The Morgan fingerprint density at radius 2 is 1.85 bits per heavy atom. The standard InChI is InChI=1S/C24H32F3N5O/c1-15-5-4-7-19-21(15)22(28)32-23(31-19)30-18-11-9-16(10-12-18)13-29-14-17-6-2-3-8-20(17)33-24(25,26)27/h2-3,6,8,15-16,18,29H,4-5,7,9-14H2,1H3,(H3,28,30,31,32). The van der Waals surface area contributed by atoms with Crippen LogP contribution in [-0.4, -0.2) is 28.9 Å². The number of anilines is 2. The summed E-state index contributed by atoms with van der Waals surface area (Å²) in [5.41, 5.74) is 8.93. The number of fused-ring (bicyclic) bond motifs is 1. The lowest BCUT2D eigenvalue weighted by Gasteiger charge is -2.30. The van der Waals surface area contributed by atoms with Crippen molar-refractivity contribution in [3.05, 3.63) is 41.1 Å². The molecule has 180 valence electrons. The van der Waals surface area contributed by atoms with Gasteiger partial charge in [0.25, 0.3) is 0 Å². The summed E-state index contributed by atoms with van der Waals surface area (Å²) < 4.78 is 41.9. The topological polar surface area (TPSA) is 85.1 Å². The summed E-state index contributed by atoms with van der Waals surface area (Å²) in [4.78, 5) is 9.27. The van der Waals surface area contributed by atoms with Crippen molar-refractivity contribution in [2.45, 2.75) is 76.7 Å². The fraction of sp³-hybridized carbons (Fsp3) is 0.583. The zero-order valence-corrected chi connectivity index (χ0v) is 18.9. The number of hydrogen-bond acceptors (Lipinski definition) is 6. The highest BCUT2D eigenvalue weighted by Crippen LogP contribution is 2.34.